The average molecular weight is 1460 g/mol. The minimum atomic E-state index is 0.619. The molecule has 16 aromatic rings. The van der Waals surface area contributed by atoms with Gasteiger partial charge < -0.3 is 0 Å². The van der Waals surface area contributed by atoms with Crippen LogP contribution < -0.4 is 0 Å². The zero-order valence-electron chi connectivity index (χ0n) is 64.8. The van der Waals surface area contributed by atoms with Gasteiger partial charge in [0, 0.05) is 103 Å². The predicted octanol–water partition coefficient (Wildman–Crippen LogP) is 25.5. The van der Waals surface area contributed by atoms with Crippen LogP contribution in [0.15, 0.2) is 356 Å². The van der Waals surface area contributed by atoms with Gasteiger partial charge in [0.2, 0.25) is 0 Å². The molecule has 0 aliphatic heterocycles. The molecule has 12 aromatic carbocycles. The highest BCUT2D eigenvalue weighted by Crippen LogP contribution is 2.49. The van der Waals surface area contributed by atoms with Crippen LogP contribution in [-0.4, -0.2) is 19.9 Å². The third-order valence-electron chi connectivity index (χ3n) is 21.3. The van der Waals surface area contributed by atoms with Crippen LogP contribution in [0.5, 0.6) is 0 Å². The van der Waals surface area contributed by atoms with Crippen LogP contribution in [0, 0.1) is 95.8 Å². The van der Waals surface area contributed by atoms with E-state index in [4.69, 9.17) is 15.0 Å². The van der Waals surface area contributed by atoms with E-state index in [1.54, 1.807) is 6.20 Å². The second-order valence-corrected chi connectivity index (χ2v) is 29.6. The van der Waals surface area contributed by atoms with E-state index in [1.165, 1.54) is 32.3 Å². The molecule has 0 radical (unpaired) electrons. The first kappa shape index (κ1) is 72.1. The molecule has 0 bridgehead atoms. The third-order valence-corrected chi connectivity index (χ3v) is 21.3. The van der Waals surface area contributed by atoms with Gasteiger partial charge >= 0.3 is 0 Å². The minimum absolute atomic E-state index is 0.619. The molecule has 0 spiro atoms. The zero-order chi connectivity index (χ0) is 77.6. The Hall–Kier alpha value is -14.8. The van der Waals surface area contributed by atoms with Gasteiger partial charge in [-0.1, -0.05) is 305 Å². The predicted molar refractivity (Wildman–Crippen MR) is 475 cm³/mol. The fraction of sp³-hybridized carbons (Fsp3) is 0.0727. The Labute approximate surface area is 668 Å². The van der Waals surface area contributed by atoms with E-state index in [0.717, 1.165) is 184 Å². The summed E-state index contributed by atoms with van der Waals surface area (Å²) in [6.07, 6.45) is 8.21. The van der Waals surface area contributed by atoms with Crippen molar-refractivity contribution in [3.8, 4) is 92.4 Å². The highest BCUT2D eigenvalue weighted by atomic mass is 14.8. The van der Waals surface area contributed by atoms with Crippen LogP contribution in [0.1, 0.15) is 94.6 Å². The molecule has 1 aliphatic rings. The van der Waals surface area contributed by atoms with E-state index >= 15 is 0 Å². The van der Waals surface area contributed by atoms with Gasteiger partial charge in [0.1, 0.15) is 0 Å². The largest absolute Gasteiger partial charge is 0.255 e. The number of nitrogens with zero attached hydrogens (tertiary/aromatic N) is 4. The molecule has 0 unspecified atom stereocenters. The molecule has 4 aromatic heterocycles. The first-order valence-corrected chi connectivity index (χ1v) is 38.7. The fourth-order valence-corrected chi connectivity index (χ4v) is 15.0. The van der Waals surface area contributed by atoms with Gasteiger partial charge in [-0.25, -0.2) is 0 Å². The Morgan fingerprint density at radius 1 is 0.219 bits per heavy atom. The molecule has 0 saturated heterocycles. The molecule has 0 atom stereocenters. The molecule has 1 aliphatic carbocycles. The number of rotatable bonds is 10. The van der Waals surface area contributed by atoms with Crippen LogP contribution in [0.4, 0.5) is 0 Å². The second-order valence-electron chi connectivity index (χ2n) is 29.6. The Morgan fingerprint density at radius 2 is 0.526 bits per heavy atom. The Bertz CT molecular complexity index is 6730. The van der Waals surface area contributed by atoms with E-state index in [9.17, 15) is 0 Å². The number of benzene rings is 12. The number of aryl methyl sites for hydroxylation is 7. The van der Waals surface area contributed by atoms with Crippen LogP contribution in [-0.2, 0) is 6.42 Å². The summed E-state index contributed by atoms with van der Waals surface area (Å²) in [5.41, 5.74) is 31.6. The van der Waals surface area contributed by atoms with Gasteiger partial charge in [-0.15, -0.1) is 0 Å². The highest BCUT2D eigenvalue weighted by molar-refractivity contribution is 6.26. The molecule has 0 N–H and O–H groups in total. The number of hydrogen-bond donors (Lipinski definition) is 0. The van der Waals surface area contributed by atoms with Crippen molar-refractivity contribution in [1.29, 1.82) is 0 Å². The lowest BCUT2D eigenvalue weighted by Gasteiger charge is -2.27. The molecule has 4 heteroatoms. The van der Waals surface area contributed by atoms with E-state index < -0.39 is 0 Å². The third kappa shape index (κ3) is 15.5. The van der Waals surface area contributed by atoms with Crippen molar-refractivity contribution < 1.29 is 0 Å². The van der Waals surface area contributed by atoms with Crippen LogP contribution >= 0.6 is 0 Å². The van der Waals surface area contributed by atoms with Crippen LogP contribution in [0.2, 0.25) is 0 Å². The van der Waals surface area contributed by atoms with Crippen LogP contribution in [0.25, 0.3) is 99.6 Å². The summed E-state index contributed by atoms with van der Waals surface area (Å²) in [7, 11) is 0. The molecule has 114 heavy (non-hydrogen) atoms. The van der Waals surface area contributed by atoms with Gasteiger partial charge in [0.05, 0.1) is 22.8 Å². The maximum absolute atomic E-state index is 5.16. The Morgan fingerprint density at radius 3 is 0.877 bits per heavy atom. The summed E-state index contributed by atoms with van der Waals surface area (Å²) in [6, 6.07) is 110. The van der Waals surface area contributed by atoms with E-state index in [2.05, 4.69) is 380 Å². The summed E-state index contributed by atoms with van der Waals surface area (Å²) in [5, 5.41) is 7.19. The first-order chi connectivity index (χ1) is 55.8. The minimum Gasteiger partial charge on any atom is -0.255 e. The zero-order valence-corrected chi connectivity index (χ0v) is 64.8. The second kappa shape index (κ2) is 32.0. The van der Waals surface area contributed by atoms with Gasteiger partial charge in [-0.05, 0) is 223 Å². The number of pyridine rings is 4. The fourth-order valence-electron chi connectivity index (χ4n) is 15.0. The normalized spacial score (nSPS) is 14.7. The van der Waals surface area contributed by atoms with E-state index in [0.29, 0.717) is 6.42 Å². The summed E-state index contributed by atoms with van der Waals surface area (Å²) in [5.74, 6) is 31.0. The summed E-state index contributed by atoms with van der Waals surface area (Å²) in [4.78, 5) is 19.5. The molecular formula is C110H78N4. The van der Waals surface area contributed by atoms with Crippen LogP contribution in [0.3, 0.4) is 0 Å². The number of aromatic nitrogens is 4. The topological polar surface area (TPSA) is 51.6 Å². The molecule has 4 nitrogen and oxygen atoms in total. The smallest absolute Gasteiger partial charge is 0.0921 e. The van der Waals surface area contributed by atoms with E-state index in [-0.39, 0.29) is 0 Å². The molecule has 538 valence electrons. The van der Waals surface area contributed by atoms with Crippen molar-refractivity contribution in [3.05, 3.63) is 451 Å². The van der Waals surface area contributed by atoms with Crippen molar-refractivity contribution in [2.45, 2.75) is 54.9 Å². The Kier molecular flexibility index (Phi) is 20.3. The number of fused-ring (bicyclic) bond motifs is 6. The number of allylic oxidation sites excluding steroid dienone is 8. The molecule has 17 rings (SSSR count). The maximum Gasteiger partial charge on any atom is 0.0921 e. The van der Waals surface area contributed by atoms with Gasteiger partial charge in [0.25, 0.3) is 0 Å². The van der Waals surface area contributed by atoms with Crippen molar-refractivity contribution in [1.82, 2.24) is 19.9 Å². The van der Waals surface area contributed by atoms with Crippen molar-refractivity contribution in [2.75, 3.05) is 0 Å². The maximum atomic E-state index is 5.16. The lowest BCUT2D eigenvalue weighted by molar-refractivity contribution is 1.13. The Balaban J connectivity index is 0.796. The first-order valence-electron chi connectivity index (χ1n) is 38.7. The highest BCUT2D eigenvalue weighted by Gasteiger charge is 2.32. The molecular weight excluding hydrogens is 1380 g/mol. The van der Waals surface area contributed by atoms with Crippen molar-refractivity contribution >= 4 is 54.6 Å². The molecule has 0 saturated carbocycles. The van der Waals surface area contributed by atoms with Crippen molar-refractivity contribution in [2.24, 2.45) is 0 Å². The molecule has 0 amide bonds. The molecule has 0 fully saturated rings. The lowest BCUT2D eigenvalue weighted by Crippen LogP contribution is -2.10. The standard InChI is InChI=1S/C110H78N4/c1-72-17-31-79(32-18-72)41-57-97-106(84-45-23-75(4)24-46-84)98(58-42-80-33-19-73(2)20-34-80)108(86-49-27-77(6)28-50-86)100(109(87-51-29-78(7)30-52-87)99(59-43-81-35-21-74(3)22-36-81)107(97)85-47-25-76(5)26-48-85)60-44-82-37-39-83(40-38-82)67-90-13-12-66-112-110(90)105-64-56-92(71-114-105)89-54-62-96-95-61-53-88(68-101(95)93-14-8-9-15-94(93)102(96)69-89)91-55-63-104(113-70-91)103-16-10-11-65-111-103/h8-40,45-56,61-66,68-71H,67H2,1-7H3/b106-97-,106-98?,107-97?,107-99-,108-98-,108-100?,109-99?,109-100-. The van der Waals surface area contributed by atoms with Gasteiger partial charge in [-0.2, -0.15) is 0 Å². The number of hydrogen-bond acceptors (Lipinski definition) is 4. The average Bonchev–Trinajstić information content (AvgIpc) is 0.740. The molecule has 4 heterocycles. The quantitative estimate of drug-likeness (QED) is 0.101. The summed E-state index contributed by atoms with van der Waals surface area (Å²) < 4.78 is 0. The van der Waals surface area contributed by atoms with E-state index in [1.807, 2.05) is 48.9 Å². The monoisotopic (exact) mass is 1450 g/mol. The van der Waals surface area contributed by atoms with Crippen molar-refractivity contribution in [3.63, 3.8) is 0 Å². The lowest BCUT2D eigenvalue weighted by atomic mass is 9.74. The van der Waals surface area contributed by atoms with Gasteiger partial charge in [-0.3, -0.25) is 19.9 Å². The summed E-state index contributed by atoms with van der Waals surface area (Å²) in [6.45, 7) is 14.9. The SMILES string of the molecule is Cc1ccc(C#CC2=C(c3ccc(C)cc3)/C(C#Cc3ccc(C)cc3)=C(c3ccc(C)cc3)\C(C#Cc3ccc(Cc4cccnc4-c4ccc(-c5ccc6c7ccc(-c8ccc(-c9ccccn9)nc8)cc7c7ccccc7c6c5)cn4)cc3)=C(c3ccc(C)cc3)/C(C#Cc3ccc(C)cc3)=C\2c2ccc(C)cc2)cc1. The van der Waals surface area contributed by atoms with Gasteiger partial charge in [0.15, 0.2) is 0 Å². The summed E-state index contributed by atoms with van der Waals surface area (Å²) >= 11 is 0.